The van der Waals surface area contributed by atoms with E-state index in [0.717, 1.165) is 16.7 Å². The fraction of sp³-hybridized carbons (Fsp3) is 0.444. The highest BCUT2D eigenvalue weighted by atomic mass is 31.2. The second kappa shape index (κ2) is 19.0. The number of nitriles is 1. The molecule has 2 aliphatic heterocycles. The van der Waals surface area contributed by atoms with E-state index < -0.39 is 43.7 Å². The maximum absolute atomic E-state index is 13.3. The molecule has 2 fully saturated rings. The molecule has 4 heterocycles. The van der Waals surface area contributed by atoms with Crippen molar-refractivity contribution in [3.8, 4) is 17.6 Å². The van der Waals surface area contributed by atoms with E-state index >= 15 is 0 Å². The number of aromatic nitrogens is 4. The maximum Gasteiger partial charge on any atom is 0.280 e. The van der Waals surface area contributed by atoms with Gasteiger partial charge in [0.2, 0.25) is 11.9 Å². The molecule has 1 amide bonds. The lowest BCUT2D eigenvalue weighted by Gasteiger charge is -2.41. The van der Waals surface area contributed by atoms with Crippen LogP contribution in [0.2, 0.25) is 0 Å². The minimum Gasteiger partial charge on any atom is -0.497 e. The number of nitrogens with one attached hydrogen (secondary N) is 2. The Labute approximate surface area is 362 Å². The van der Waals surface area contributed by atoms with E-state index in [1.165, 1.54) is 6.33 Å². The van der Waals surface area contributed by atoms with Gasteiger partial charge in [-0.3, -0.25) is 24.5 Å². The highest BCUT2D eigenvalue weighted by molar-refractivity contribution is 7.44. The normalized spacial score (nSPS) is 20.3. The molecule has 17 heteroatoms. The number of anilines is 1. The number of rotatable bonds is 19. The number of nitrogens with zero attached hydrogens (tertiary/aromatic N) is 5. The first-order chi connectivity index (χ1) is 29.8. The van der Waals surface area contributed by atoms with Crippen LogP contribution in [0.3, 0.4) is 0 Å². The molecule has 0 aliphatic carbocycles. The molecule has 0 spiro atoms. The summed E-state index contributed by atoms with van der Waals surface area (Å²) < 4.78 is 49.8. The number of ether oxygens (including phenoxy) is 5. The van der Waals surface area contributed by atoms with Crippen molar-refractivity contribution >= 4 is 31.5 Å². The first-order valence-corrected chi connectivity index (χ1v) is 21.8. The van der Waals surface area contributed by atoms with Crippen LogP contribution < -0.4 is 20.3 Å². The number of amides is 1. The van der Waals surface area contributed by atoms with Crippen molar-refractivity contribution in [2.24, 2.45) is 5.92 Å². The lowest BCUT2D eigenvalue weighted by molar-refractivity contribution is -0.202. The second-order valence-corrected chi connectivity index (χ2v) is 17.5. The minimum atomic E-state index is -1.79. The number of fused-ring (bicyclic) bond motifs is 3. The average molecular weight is 868 g/mol. The fourth-order valence-corrected chi connectivity index (χ4v) is 9.82. The Morgan fingerprint density at radius 2 is 1.60 bits per heavy atom. The van der Waals surface area contributed by atoms with Gasteiger partial charge in [0.15, 0.2) is 17.4 Å². The lowest BCUT2D eigenvalue weighted by atomic mass is 9.79. The molecule has 16 nitrogen and oxygen atoms in total. The van der Waals surface area contributed by atoms with Gasteiger partial charge in [-0.25, -0.2) is 9.65 Å². The summed E-state index contributed by atoms with van der Waals surface area (Å²) in [5, 5.41) is 12.2. The number of hydrogen-bond donors (Lipinski definition) is 2. The summed E-state index contributed by atoms with van der Waals surface area (Å²) >= 11 is 0. The summed E-state index contributed by atoms with van der Waals surface area (Å²) in [5.41, 5.74) is -0.305. The highest BCUT2D eigenvalue weighted by Gasteiger charge is 2.65. The first-order valence-electron chi connectivity index (χ1n) is 20.7. The van der Waals surface area contributed by atoms with Crippen molar-refractivity contribution in [3.63, 3.8) is 0 Å². The molecule has 2 bridgehead atoms. The molecule has 3 aromatic carbocycles. The predicted molar refractivity (Wildman–Crippen MR) is 233 cm³/mol. The Balaban J connectivity index is 1.37. The fourth-order valence-electron chi connectivity index (χ4n) is 8.00. The zero-order chi connectivity index (χ0) is 44.2. The predicted octanol–water partition coefficient (Wildman–Crippen LogP) is 7.07. The van der Waals surface area contributed by atoms with E-state index in [9.17, 15) is 14.9 Å². The summed E-state index contributed by atoms with van der Waals surface area (Å²) in [6.45, 7) is 11.9. The van der Waals surface area contributed by atoms with Gasteiger partial charge in [-0.05, 0) is 68.7 Å². The molecule has 2 aliphatic rings. The van der Waals surface area contributed by atoms with Gasteiger partial charge in [-0.15, -0.1) is 0 Å². The van der Waals surface area contributed by atoms with Crippen LogP contribution >= 0.6 is 8.53 Å². The summed E-state index contributed by atoms with van der Waals surface area (Å²) in [7, 11) is 1.45. The number of H-pyrrole nitrogens is 1. The third-order valence-corrected chi connectivity index (χ3v) is 13.1. The van der Waals surface area contributed by atoms with Gasteiger partial charge in [-0.1, -0.05) is 68.4 Å². The largest absolute Gasteiger partial charge is 0.497 e. The zero-order valence-corrected chi connectivity index (χ0v) is 37.1. The molecule has 5 aromatic rings. The van der Waals surface area contributed by atoms with Gasteiger partial charge in [0.25, 0.3) is 14.1 Å². The van der Waals surface area contributed by atoms with Crippen molar-refractivity contribution < 1.29 is 37.5 Å². The van der Waals surface area contributed by atoms with Gasteiger partial charge >= 0.3 is 0 Å². The number of benzene rings is 3. The highest BCUT2D eigenvalue weighted by Crippen LogP contribution is 2.56. The van der Waals surface area contributed by atoms with Crippen molar-refractivity contribution in [3.05, 3.63) is 112 Å². The molecule has 62 heavy (non-hydrogen) atoms. The van der Waals surface area contributed by atoms with E-state index in [4.69, 9.17) is 32.7 Å². The standard InChI is InChI=1S/C45H54N7O9P/c1-28(2)40(53)49-43-48-39-36(41(54)50-43)47-27-51(39)42-37-38(61-62(59-24-12-23-46)52(29(3)4)30(5)6)44(60-42,25-57-37)26-58-45(31-13-10-9-11-14-31,32-15-19-34(55-7)20-16-32)33-17-21-35(56-8)22-18-33/h9-11,13-22,27-30,37-38,42H,12,24-26H2,1-8H3,(H2,48,49,50,53,54)/t37?,38?,42?,44-,62?/m1/s1. The lowest BCUT2D eigenvalue weighted by Crippen LogP contribution is -2.49. The van der Waals surface area contributed by atoms with Crippen LogP contribution in [-0.2, 0) is 33.7 Å². The minimum absolute atomic E-state index is 0.0101. The molecular weight excluding hydrogens is 814 g/mol. The van der Waals surface area contributed by atoms with E-state index in [1.807, 2.05) is 78.9 Å². The Morgan fingerprint density at radius 1 is 0.984 bits per heavy atom. The van der Waals surface area contributed by atoms with E-state index in [0.29, 0.717) is 11.5 Å². The second-order valence-electron chi connectivity index (χ2n) is 16.1. The van der Waals surface area contributed by atoms with Crippen LogP contribution in [0, 0.1) is 17.2 Å². The molecular formula is C45H54N7O9P. The van der Waals surface area contributed by atoms with E-state index in [-0.39, 0.29) is 67.3 Å². The van der Waals surface area contributed by atoms with Crippen molar-refractivity contribution in [1.29, 1.82) is 5.26 Å². The monoisotopic (exact) mass is 867 g/mol. The summed E-state index contributed by atoms with van der Waals surface area (Å²) in [5.74, 6) is 0.665. The summed E-state index contributed by atoms with van der Waals surface area (Å²) in [6.07, 6.45) is -0.846. The van der Waals surface area contributed by atoms with Crippen LogP contribution in [0.1, 0.15) is 70.9 Å². The zero-order valence-electron chi connectivity index (χ0n) is 36.2. The van der Waals surface area contributed by atoms with Crippen LogP contribution in [0.25, 0.3) is 11.2 Å². The van der Waals surface area contributed by atoms with Crippen molar-refractivity contribution in [2.75, 3.05) is 39.4 Å². The summed E-state index contributed by atoms with van der Waals surface area (Å²) in [4.78, 5) is 37.7. The smallest absolute Gasteiger partial charge is 0.280 e. The molecule has 328 valence electrons. The molecule has 2 saturated heterocycles. The van der Waals surface area contributed by atoms with Gasteiger partial charge in [0.05, 0.1) is 52.9 Å². The van der Waals surface area contributed by atoms with Gasteiger partial charge in [-0.2, -0.15) is 10.2 Å². The number of carbonyl (C=O) groups is 1. The SMILES string of the molecule is COc1ccc(C(OC[C@@]23COC(C(n4cnc5c(=O)[nH]c(NC(=O)C(C)C)nc54)O2)C3OP(OCCC#N)N(C(C)C)C(C)C)(c2ccccc2)c2ccc(OC)cc2)cc1. The van der Waals surface area contributed by atoms with Gasteiger partial charge in [0, 0.05) is 18.0 Å². The van der Waals surface area contributed by atoms with Gasteiger partial charge in [0.1, 0.15) is 34.9 Å². The number of carbonyl (C=O) groups excluding carboxylic acids is 1. The average Bonchev–Trinajstić information content (AvgIpc) is 3.94. The molecule has 0 radical (unpaired) electrons. The van der Waals surface area contributed by atoms with Crippen LogP contribution in [0.5, 0.6) is 11.5 Å². The Kier molecular flexibility index (Phi) is 13.7. The Morgan fingerprint density at radius 3 is 2.16 bits per heavy atom. The number of hydrogen-bond acceptors (Lipinski definition) is 13. The summed E-state index contributed by atoms with van der Waals surface area (Å²) in [6, 6.07) is 27.7. The van der Waals surface area contributed by atoms with Gasteiger partial charge < -0.3 is 32.7 Å². The van der Waals surface area contributed by atoms with Crippen LogP contribution in [0.15, 0.2) is 90.0 Å². The molecule has 7 rings (SSSR count). The topological polar surface area (TPSA) is 184 Å². The number of imidazole rings is 1. The van der Waals surface area contributed by atoms with E-state index in [2.05, 4.69) is 58.7 Å². The van der Waals surface area contributed by atoms with Crippen LogP contribution in [-0.4, -0.2) is 94.0 Å². The molecule has 0 saturated carbocycles. The third kappa shape index (κ3) is 8.71. The molecule has 2 N–H and O–H groups in total. The number of methoxy groups -OCH3 is 2. The molecule has 2 aromatic heterocycles. The Hall–Kier alpha value is -5.24. The van der Waals surface area contributed by atoms with E-state index in [1.54, 1.807) is 32.6 Å². The third-order valence-electron chi connectivity index (χ3n) is 11.0. The molecule has 5 atom stereocenters. The van der Waals surface area contributed by atoms with Crippen molar-refractivity contribution in [2.45, 2.75) is 89.7 Å². The van der Waals surface area contributed by atoms with Crippen LogP contribution in [0.4, 0.5) is 5.95 Å². The quantitative estimate of drug-likeness (QED) is 0.0489. The maximum atomic E-state index is 13.3. The Bertz CT molecular complexity index is 2350. The van der Waals surface area contributed by atoms with Crippen molar-refractivity contribution in [1.82, 2.24) is 24.2 Å². The number of aromatic amines is 1. The first kappa shape index (κ1) is 44.8. The molecule has 4 unspecified atom stereocenters.